The molecule has 1 N–H and O–H groups in total. The number of fused-ring (bicyclic) bond motifs is 4. The number of ether oxygens (including phenoxy) is 1. The number of anilines is 1. The molecular weight excluding hydrogens is 468 g/mol. The minimum Gasteiger partial charge on any atom is -0.465 e. The molecule has 0 saturated carbocycles. The molecule has 1 aliphatic rings. The van der Waals surface area contributed by atoms with Gasteiger partial charge in [-0.15, -0.1) is 21.5 Å². The maximum absolute atomic E-state index is 13.4. The van der Waals surface area contributed by atoms with Crippen molar-refractivity contribution in [2.45, 2.75) is 56.4 Å². The van der Waals surface area contributed by atoms with Crippen LogP contribution < -0.4 is 5.32 Å². The zero-order valence-corrected chi connectivity index (χ0v) is 21.0. The number of thiophene rings is 1. The third-order valence-electron chi connectivity index (χ3n) is 6.28. The summed E-state index contributed by atoms with van der Waals surface area (Å²) in [5, 5.41) is 13.8. The standard InChI is InChI=1S/C25H26N4O3S2/c1-4-18(22(30)26-23-21(24(31)32-3)16-10-6-8-12-19(16)33-23)34-25-28-27-20-13-14(2)15-9-5-7-11-17(15)29(20)25/h5,7,9,11,13,18H,4,6,8,10,12H2,1-3H3,(H,26,30). The number of aromatic nitrogens is 3. The zero-order valence-electron chi connectivity index (χ0n) is 19.4. The first-order valence-corrected chi connectivity index (χ1v) is 13.1. The summed E-state index contributed by atoms with van der Waals surface area (Å²) in [5.41, 5.74) is 4.45. The van der Waals surface area contributed by atoms with Gasteiger partial charge in [0.15, 0.2) is 10.8 Å². The van der Waals surface area contributed by atoms with Gasteiger partial charge in [-0.1, -0.05) is 36.9 Å². The van der Waals surface area contributed by atoms with Crippen molar-refractivity contribution in [2.24, 2.45) is 0 Å². The number of benzene rings is 1. The Morgan fingerprint density at radius 1 is 1.24 bits per heavy atom. The number of carbonyl (C=O) groups excluding carboxylic acids is 2. The molecule has 1 atom stereocenters. The smallest absolute Gasteiger partial charge is 0.341 e. The number of methoxy groups -OCH3 is 1. The Morgan fingerprint density at radius 2 is 2.03 bits per heavy atom. The monoisotopic (exact) mass is 494 g/mol. The quantitative estimate of drug-likeness (QED) is 0.284. The molecule has 0 saturated heterocycles. The second-order valence-corrected chi connectivity index (χ2v) is 10.7. The van der Waals surface area contributed by atoms with Gasteiger partial charge in [-0.25, -0.2) is 4.79 Å². The summed E-state index contributed by atoms with van der Waals surface area (Å²) < 4.78 is 7.05. The third kappa shape index (κ3) is 3.96. The van der Waals surface area contributed by atoms with Crippen molar-refractivity contribution in [1.29, 1.82) is 0 Å². The molecule has 1 aliphatic carbocycles. The van der Waals surface area contributed by atoms with Gasteiger partial charge in [0, 0.05) is 10.3 Å². The summed E-state index contributed by atoms with van der Waals surface area (Å²) in [5.74, 6) is -0.537. The molecule has 0 aliphatic heterocycles. The van der Waals surface area contributed by atoms with Crippen molar-refractivity contribution >= 4 is 56.5 Å². The highest BCUT2D eigenvalue weighted by molar-refractivity contribution is 8.00. The van der Waals surface area contributed by atoms with Crippen molar-refractivity contribution in [3.63, 3.8) is 0 Å². The Hall–Kier alpha value is -2.91. The van der Waals surface area contributed by atoms with Crippen molar-refractivity contribution in [3.05, 3.63) is 51.9 Å². The van der Waals surface area contributed by atoms with Crippen LogP contribution in [0.5, 0.6) is 0 Å². The van der Waals surface area contributed by atoms with Crippen LogP contribution in [0.2, 0.25) is 0 Å². The van der Waals surface area contributed by atoms with Gasteiger partial charge in [-0.05, 0) is 62.3 Å². The van der Waals surface area contributed by atoms with Crippen LogP contribution in [-0.2, 0) is 22.4 Å². The van der Waals surface area contributed by atoms with Gasteiger partial charge in [0.1, 0.15) is 5.00 Å². The largest absolute Gasteiger partial charge is 0.465 e. The molecule has 0 fully saturated rings. The summed E-state index contributed by atoms with van der Waals surface area (Å²) in [6, 6.07) is 10.1. The molecule has 0 radical (unpaired) electrons. The van der Waals surface area contributed by atoms with E-state index in [0.717, 1.165) is 53.4 Å². The van der Waals surface area contributed by atoms with Crippen LogP contribution in [0.25, 0.3) is 16.6 Å². The van der Waals surface area contributed by atoms with Gasteiger partial charge in [0.25, 0.3) is 0 Å². The Bertz CT molecular complexity index is 1410. The summed E-state index contributed by atoms with van der Waals surface area (Å²) in [6.45, 7) is 4.04. The number of esters is 1. The van der Waals surface area contributed by atoms with Crippen LogP contribution >= 0.6 is 23.1 Å². The third-order valence-corrected chi connectivity index (χ3v) is 8.80. The van der Waals surface area contributed by atoms with E-state index in [-0.39, 0.29) is 11.9 Å². The predicted octanol–water partition coefficient (Wildman–Crippen LogP) is 5.43. The SMILES string of the molecule is CCC(Sc1nnc2cc(C)c3ccccc3n12)C(=O)Nc1sc2c(c1C(=O)OC)CCCC2. The highest BCUT2D eigenvalue weighted by Gasteiger charge is 2.29. The molecule has 0 bridgehead atoms. The Kier molecular flexibility index (Phi) is 6.31. The minimum absolute atomic E-state index is 0.149. The van der Waals surface area contributed by atoms with Crippen LogP contribution in [0.4, 0.5) is 5.00 Å². The molecule has 4 aromatic rings. The van der Waals surface area contributed by atoms with Gasteiger partial charge in [0.05, 0.1) is 23.4 Å². The van der Waals surface area contributed by atoms with E-state index in [0.29, 0.717) is 22.1 Å². The molecule has 9 heteroatoms. The number of hydrogen-bond donors (Lipinski definition) is 1. The van der Waals surface area contributed by atoms with Crippen LogP contribution in [0.1, 0.15) is 52.5 Å². The number of nitrogens with zero attached hydrogens (tertiary/aromatic N) is 3. The van der Waals surface area contributed by atoms with Crippen molar-refractivity contribution in [2.75, 3.05) is 12.4 Å². The van der Waals surface area contributed by atoms with Gasteiger partial charge in [-0.3, -0.25) is 9.20 Å². The number of amides is 1. The second kappa shape index (κ2) is 9.38. The van der Waals surface area contributed by atoms with E-state index >= 15 is 0 Å². The maximum Gasteiger partial charge on any atom is 0.341 e. The molecule has 3 aromatic heterocycles. The van der Waals surface area contributed by atoms with Crippen LogP contribution in [-0.4, -0.2) is 38.8 Å². The highest BCUT2D eigenvalue weighted by Crippen LogP contribution is 2.39. The number of thioether (sulfide) groups is 1. The molecule has 5 rings (SSSR count). The lowest BCUT2D eigenvalue weighted by molar-refractivity contribution is -0.115. The average molecular weight is 495 g/mol. The van der Waals surface area contributed by atoms with Crippen molar-refractivity contribution in [3.8, 4) is 0 Å². The summed E-state index contributed by atoms with van der Waals surface area (Å²) >= 11 is 2.89. The molecule has 7 nitrogen and oxygen atoms in total. The van der Waals surface area contributed by atoms with E-state index < -0.39 is 5.25 Å². The molecule has 3 heterocycles. The van der Waals surface area contributed by atoms with E-state index in [4.69, 9.17) is 4.74 Å². The number of para-hydroxylation sites is 1. The number of carbonyl (C=O) groups is 2. The second-order valence-electron chi connectivity index (χ2n) is 8.43. The Morgan fingerprint density at radius 3 is 2.82 bits per heavy atom. The number of nitrogens with one attached hydrogen (secondary N) is 1. The Balaban J connectivity index is 1.46. The number of pyridine rings is 1. The van der Waals surface area contributed by atoms with Gasteiger partial charge in [0.2, 0.25) is 5.91 Å². The van der Waals surface area contributed by atoms with Gasteiger partial charge in [-0.2, -0.15) is 0 Å². The number of hydrogen-bond acceptors (Lipinski definition) is 7. The van der Waals surface area contributed by atoms with E-state index in [1.165, 1.54) is 35.1 Å². The molecule has 34 heavy (non-hydrogen) atoms. The summed E-state index contributed by atoms with van der Waals surface area (Å²) in [7, 11) is 1.38. The van der Waals surface area contributed by atoms with Crippen molar-refractivity contribution in [1.82, 2.24) is 14.6 Å². The zero-order chi connectivity index (χ0) is 23.8. The summed E-state index contributed by atoms with van der Waals surface area (Å²) in [6.07, 6.45) is 4.53. The maximum atomic E-state index is 13.4. The first-order chi connectivity index (χ1) is 16.5. The number of aryl methyl sites for hydroxylation is 2. The van der Waals surface area contributed by atoms with Gasteiger partial charge < -0.3 is 10.1 Å². The normalized spacial score (nSPS) is 14.2. The topological polar surface area (TPSA) is 85.6 Å². The van der Waals surface area contributed by atoms with E-state index in [9.17, 15) is 9.59 Å². The molecule has 0 spiro atoms. The molecule has 1 amide bonds. The van der Waals surface area contributed by atoms with Crippen LogP contribution in [0.3, 0.4) is 0 Å². The number of rotatable bonds is 6. The molecule has 1 aromatic carbocycles. The first-order valence-electron chi connectivity index (χ1n) is 11.5. The molecule has 1 unspecified atom stereocenters. The fraction of sp³-hybridized carbons (Fsp3) is 0.360. The van der Waals surface area contributed by atoms with Crippen LogP contribution in [0.15, 0.2) is 35.5 Å². The first kappa shape index (κ1) is 22.9. The lowest BCUT2D eigenvalue weighted by Crippen LogP contribution is -2.25. The van der Waals surface area contributed by atoms with Crippen LogP contribution in [0, 0.1) is 6.92 Å². The predicted molar refractivity (Wildman–Crippen MR) is 136 cm³/mol. The average Bonchev–Trinajstić information content (AvgIpc) is 3.42. The molecule has 176 valence electrons. The Labute approximate surface area is 205 Å². The van der Waals surface area contributed by atoms with Crippen molar-refractivity contribution < 1.29 is 14.3 Å². The minimum atomic E-state index is -0.392. The lowest BCUT2D eigenvalue weighted by atomic mass is 9.95. The fourth-order valence-electron chi connectivity index (χ4n) is 4.56. The highest BCUT2D eigenvalue weighted by atomic mass is 32.2. The lowest BCUT2D eigenvalue weighted by Gasteiger charge is -2.15. The van der Waals surface area contributed by atoms with E-state index in [1.54, 1.807) is 0 Å². The molecular formula is C25H26N4O3S2. The summed E-state index contributed by atoms with van der Waals surface area (Å²) in [4.78, 5) is 27.1. The fourth-order valence-corrected chi connectivity index (χ4v) is 6.82. The van der Waals surface area contributed by atoms with E-state index in [1.807, 2.05) is 35.6 Å². The van der Waals surface area contributed by atoms with E-state index in [2.05, 4.69) is 28.5 Å². The van der Waals surface area contributed by atoms with Gasteiger partial charge >= 0.3 is 5.97 Å².